The van der Waals surface area contributed by atoms with Crippen LogP contribution in [-0.4, -0.2) is 30.9 Å². The largest absolute Gasteiger partial charge is 0.465 e. The smallest absolute Gasteiger partial charge is 0.463 e. The molecule has 0 N–H and O–H groups in total. The number of hydrogen-bond acceptors (Lipinski definition) is 5. The number of carbonyl (C=O) groups excluding carboxylic acids is 1. The number of rotatable bonds is 3. The Balaban J connectivity index is 2.12. The molecule has 1 aliphatic carbocycles. The van der Waals surface area contributed by atoms with Crippen molar-refractivity contribution in [2.45, 2.75) is 58.1 Å². The summed E-state index contributed by atoms with van der Waals surface area (Å²) in [6, 6.07) is 2.08. The van der Waals surface area contributed by atoms with Gasteiger partial charge in [-0.15, -0.1) is 0 Å². The second-order valence-electron chi connectivity index (χ2n) is 6.24. The number of nitriles is 1. The average Bonchev–Trinajstić information content (AvgIpc) is 2.98. The fourth-order valence-corrected chi connectivity index (χ4v) is 2.34. The van der Waals surface area contributed by atoms with Gasteiger partial charge in [-0.3, -0.25) is 4.79 Å². The Hall–Kier alpha value is -1.06. The van der Waals surface area contributed by atoms with Crippen LogP contribution >= 0.6 is 0 Å². The monoisotopic (exact) mass is 265 g/mol. The standard InChI is InChI=1S/C13H20BNO4/c1-6-17-10(16)13(8-15)7-9(13)14-18-11(2,3)12(4,5)19-14/h9H,6-7H2,1-5H3/t9-,13+/m0/s1. The van der Waals surface area contributed by atoms with E-state index < -0.39 is 29.7 Å². The Bertz CT molecular complexity index is 426. The van der Waals surface area contributed by atoms with Gasteiger partial charge in [0.1, 0.15) is 0 Å². The van der Waals surface area contributed by atoms with Gasteiger partial charge >= 0.3 is 13.1 Å². The van der Waals surface area contributed by atoms with Crippen LogP contribution in [-0.2, 0) is 18.8 Å². The van der Waals surface area contributed by atoms with Crippen LogP contribution in [0, 0.1) is 16.7 Å². The molecule has 5 nitrogen and oxygen atoms in total. The molecule has 1 heterocycles. The first-order chi connectivity index (χ1) is 8.70. The second kappa shape index (κ2) is 4.22. The first-order valence-electron chi connectivity index (χ1n) is 6.64. The quantitative estimate of drug-likeness (QED) is 0.576. The Morgan fingerprint density at radius 1 is 1.37 bits per heavy atom. The van der Waals surface area contributed by atoms with Gasteiger partial charge in [-0.1, -0.05) is 0 Å². The molecule has 0 bridgehead atoms. The topological polar surface area (TPSA) is 68.6 Å². The van der Waals surface area contributed by atoms with Crippen molar-refractivity contribution in [1.82, 2.24) is 0 Å². The third-order valence-corrected chi connectivity index (χ3v) is 4.45. The van der Waals surface area contributed by atoms with E-state index in [1.165, 1.54) is 0 Å². The predicted molar refractivity (Wildman–Crippen MR) is 69.1 cm³/mol. The van der Waals surface area contributed by atoms with Gasteiger partial charge in [0.25, 0.3) is 0 Å². The first-order valence-corrected chi connectivity index (χ1v) is 6.64. The van der Waals surface area contributed by atoms with Crippen molar-refractivity contribution in [1.29, 1.82) is 5.26 Å². The highest BCUT2D eigenvalue weighted by molar-refractivity contribution is 6.50. The average molecular weight is 265 g/mol. The van der Waals surface area contributed by atoms with Crippen LogP contribution < -0.4 is 0 Å². The molecule has 2 rings (SSSR count). The Morgan fingerprint density at radius 3 is 2.32 bits per heavy atom. The lowest BCUT2D eigenvalue weighted by atomic mass is 9.77. The van der Waals surface area contributed by atoms with Crippen molar-refractivity contribution in [3.8, 4) is 6.07 Å². The molecule has 0 amide bonds. The fourth-order valence-electron chi connectivity index (χ4n) is 2.34. The van der Waals surface area contributed by atoms with Crippen LogP contribution in [0.1, 0.15) is 41.0 Å². The Kier molecular flexibility index (Phi) is 3.19. The molecule has 2 atom stereocenters. The van der Waals surface area contributed by atoms with Gasteiger partial charge in [-0.05, 0) is 41.0 Å². The van der Waals surface area contributed by atoms with E-state index >= 15 is 0 Å². The number of esters is 1. The minimum absolute atomic E-state index is 0.238. The Morgan fingerprint density at radius 2 is 1.89 bits per heavy atom. The molecular weight excluding hydrogens is 245 g/mol. The maximum Gasteiger partial charge on any atom is 0.463 e. The van der Waals surface area contributed by atoms with Gasteiger partial charge in [0.2, 0.25) is 0 Å². The van der Waals surface area contributed by atoms with E-state index in [9.17, 15) is 10.1 Å². The van der Waals surface area contributed by atoms with E-state index in [2.05, 4.69) is 6.07 Å². The van der Waals surface area contributed by atoms with Gasteiger partial charge in [-0.25, -0.2) is 0 Å². The molecule has 0 aromatic heterocycles. The Labute approximate surface area is 114 Å². The summed E-state index contributed by atoms with van der Waals surface area (Å²) < 4.78 is 16.8. The molecule has 2 fully saturated rings. The highest BCUT2D eigenvalue weighted by Crippen LogP contribution is 2.62. The molecule has 0 radical (unpaired) electrons. The minimum Gasteiger partial charge on any atom is -0.465 e. The molecular formula is C13H20BNO4. The zero-order chi connectivity index (χ0) is 14.5. The molecule has 0 aromatic carbocycles. The van der Waals surface area contributed by atoms with Gasteiger partial charge in [0, 0.05) is 5.82 Å². The minimum atomic E-state index is -1.09. The summed E-state index contributed by atoms with van der Waals surface area (Å²) in [5.74, 6) is -0.699. The van der Waals surface area contributed by atoms with E-state index in [4.69, 9.17) is 14.0 Å². The van der Waals surface area contributed by atoms with Gasteiger partial charge in [0.15, 0.2) is 5.41 Å². The lowest BCUT2D eigenvalue weighted by Gasteiger charge is -2.32. The third kappa shape index (κ3) is 2.05. The fraction of sp³-hybridized carbons (Fsp3) is 0.846. The summed E-state index contributed by atoms with van der Waals surface area (Å²) >= 11 is 0. The van der Waals surface area contributed by atoms with Gasteiger partial charge in [-0.2, -0.15) is 5.26 Å². The molecule has 1 saturated carbocycles. The number of carbonyl (C=O) groups is 1. The highest BCUT2D eigenvalue weighted by atomic mass is 16.7. The summed E-state index contributed by atoms with van der Waals surface area (Å²) in [5, 5.41) is 9.28. The molecule has 6 heteroatoms. The SMILES string of the molecule is CCOC(=O)[C@@]1(C#N)C[C@@H]1B1OC(C)(C)C(C)(C)O1. The molecule has 0 unspecified atom stereocenters. The second-order valence-corrected chi connectivity index (χ2v) is 6.24. The highest BCUT2D eigenvalue weighted by Gasteiger charge is 2.71. The zero-order valence-electron chi connectivity index (χ0n) is 12.1. The summed E-state index contributed by atoms with van der Waals surface area (Å²) in [7, 11) is -0.519. The van der Waals surface area contributed by atoms with Crippen molar-refractivity contribution in [3.63, 3.8) is 0 Å². The molecule has 1 saturated heterocycles. The van der Waals surface area contributed by atoms with Gasteiger partial charge in [0.05, 0.1) is 23.9 Å². The maximum absolute atomic E-state index is 11.9. The van der Waals surface area contributed by atoms with E-state index in [1.807, 2.05) is 27.7 Å². The van der Waals surface area contributed by atoms with Crippen LogP contribution in [0.5, 0.6) is 0 Å². The number of ether oxygens (including phenoxy) is 1. The van der Waals surface area contributed by atoms with Crippen molar-refractivity contribution in [2.75, 3.05) is 6.61 Å². The van der Waals surface area contributed by atoms with Crippen LogP contribution in [0.25, 0.3) is 0 Å². The molecule has 104 valence electrons. The molecule has 19 heavy (non-hydrogen) atoms. The maximum atomic E-state index is 11.9. The lowest BCUT2D eigenvalue weighted by Crippen LogP contribution is -2.41. The lowest BCUT2D eigenvalue weighted by molar-refractivity contribution is -0.147. The van der Waals surface area contributed by atoms with E-state index in [0.717, 1.165) is 0 Å². The normalized spacial score (nSPS) is 34.7. The van der Waals surface area contributed by atoms with Crippen molar-refractivity contribution < 1.29 is 18.8 Å². The van der Waals surface area contributed by atoms with E-state index in [1.54, 1.807) is 6.92 Å². The van der Waals surface area contributed by atoms with Crippen LogP contribution in [0.4, 0.5) is 0 Å². The van der Waals surface area contributed by atoms with Crippen LogP contribution in [0.15, 0.2) is 0 Å². The van der Waals surface area contributed by atoms with E-state index in [0.29, 0.717) is 6.42 Å². The molecule has 2 aliphatic rings. The zero-order valence-corrected chi connectivity index (χ0v) is 12.1. The summed E-state index contributed by atoms with van der Waals surface area (Å²) in [6.45, 7) is 9.82. The molecule has 1 aliphatic heterocycles. The van der Waals surface area contributed by atoms with Crippen LogP contribution in [0.3, 0.4) is 0 Å². The predicted octanol–water partition coefficient (Wildman–Crippen LogP) is 1.93. The van der Waals surface area contributed by atoms with Crippen molar-refractivity contribution in [3.05, 3.63) is 0 Å². The summed E-state index contributed by atoms with van der Waals surface area (Å²) in [6.07, 6.45) is 0.444. The molecule has 0 spiro atoms. The number of hydrogen-bond donors (Lipinski definition) is 0. The van der Waals surface area contributed by atoms with Gasteiger partial charge < -0.3 is 14.0 Å². The first kappa shape index (κ1) is 14.4. The van der Waals surface area contributed by atoms with Crippen molar-refractivity contribution in [2.24, 2.45) is 5.41 Å². The third-order valence-electron chi connectivity index (χ3n) is 4.45. The number of nitrogens with zero attached hydrogens (tertiary/aromatic N) is 1. The van der Waals surface area contributed by atoms with Crippen molar-refractivity contribution >= 4 is 13.1 Å². The van der Waals surface area contributed by atoms with Crippen LogP contribution in [0.2, 0.25) is 5.82 Å². The summed E-state index contributed by atoms with van der Waals surface area (Å²) in [4.78, 5) is 11.9. The molecule has 0 aromatic rings. The van der Waals surface area contributed by atoms with E-state index in [-0.39, 0.29) is 12.4 Å². The summed E-state index contributed by atoms with van der Waals surface area (Å²) in [5.41, 5.74) is -1.98.